The third kappa shape index (κ3) is 1.03. The minimum atomic E-state index is 0.238. The molecule has 3 aliphatic rings. The highest BCUT2D eigenvalue weighted by molar-refractivity contribution is 5.13. The van der Waals surface area contributed by atoms with Crippen LogP contribution in [0.3, 0.4) is 0 Å². The molecule has 1 nitrogen and oxygen atoms in total. The van der Waals surface area contributed by atoms with Gasteiger partial charge in [0.25, 0.3) is 0 Å². The molecule has 0 aromatic carbocycles. The van der Waals surface area contributed by atoms with Crippen molar-refractivity contribution in [3.05, 3.63) is 12.2 Å². The van der Waals surface area contributed by atoms with Gasteiger partial charge in [0.05, 0.1) is 11.7 Å². The molecule has 2 aliphatic carbocycles. The third-order valence-electron chi connectivity index (χ3n) is 4.47. The van der Waals surface area contributed by atoms with Crippen molar-refractivity contribution in [1.29, 1.82) is 0 Å². The number of ether oxygens (including phenoxy) is 1. The van der Waals surface area contributed by atoms with Crippen molar-refractivity contribution in [3.63, 3.8) is 0 Å². The third-order valence-corrected chi connectivity index (χ3v) is 4.47. The van der Waals surface area contributed by atoms with Gasteiger partial charge in [-0.05, 0) is 50.9 Å². The molecule has 0 radical (unpaired) electrons. The molecule has 0 aromatic rings. The van der Waals surface area contributed by atoms with E-state index in [0.29, 0.717) is 6.10 Å². The second-order valence-corrected chi connectivity index (χ2v) is 5.32. The number of hydrogen-bond acceptors (Lipinski definition) is 1. The Morgan fingerprint density at radius 3 is 3.15 bits per heavy atom. The first-order valence-electron chi connectivity index (χ1n) is 5.53. The lowest BCUT2D eigenvalue weighted by molar-refractivity contribution is -0.0776. The highest BCUT2D eigenvalue weighted by atomic mass is 16.5. The monoisotopic (exact) mass is 178 g/mol. The molecule has 1 heteroatoms. The van der Waals surface area contributed by atoms with Crippen molar-refractivity contribution in [3.8, 4) is 0 Å². The zero-order valence-corrected chi connectivity index (χ0v) is 8.38. The van der Waals surface area contributed by atoms with Crippen molar-refractivity contribution in [2.45, 2.75) is 50.7 Å². The zero-order chi connectivity index (χ0) is 9.05. The van der Waals surface area contributed by atoms with Crippen molar-refractivity contribution >= 4 is 0 Å². The fraction of sp³-hybridized carbons (Fsp3) is 0.833. The highest BCUT2D eigenvalue weighted by Gasteiger charge is 2.50. The number of rotatable bonds is 0. The van der Waals surface area contributed by atoms with E-state index in [9.17, 15) is 0 Å². The van der Waals surface area contributed by atoms with E-state index in [2.05, 4.69) is 13.5 Å². The lowest BCUT2D eigenvalue weighted by Gasteiger charge is -2.41. The van der Waals surface area contributed by atoms with E-state index in [-0.39, 0.29) is 5.60 Å². The average Bonchev–Trinajstić information content (AvgIpc) is 2.30. The normalized spacial score (nSPS) is 53.9. The van der Waals surface area contributed by atoms with Gasteiger partial charge in [0.15, 0.2) is 0 Å². The zero-order valence-electron chi connectivity index (χ0n) is 8.38. The fourth-order valence-electron chi connectivity index (χ4n) is 3.58. The quantitative estimate of drug-likeness (QED) is 0.518. The smallest absolute Gasteiger partial charge is 0.0687 e. The summed E-state index contributed by atoms with van der Waals surface area (Å²) in [6.45, 7) is 6.53. The topological polar surface area (TPSA) is 9.23 Å². The Bertz CT molecular complexity index is 258. The van der Waals surface area contributed by atoms with Gasteiger partial charge >= 0.3 is 0 Å². The molecule has 4 atom stereocenters. The first-order chi connectivity index (χ1) is 6.17. The molecule has 3 rings (SSSR count). The maximum absolute atomic E-state index is 6.15. The lowest BCUT2D eigenvalue weighted by atomic mass is 9.71. The molecule has 3 fully saturated rings. The van der Waals surface area contributed by atoms with E-state index in [1.807, 2.05) is 0 Å². The number of fused-ring (bicyclic) bond motifs is 2. The molecule has 3 bridgehead atoms. The van der Waals surface area contributed by atoms with E-state index < -0.39 is 0 Å². The average molecular weight is 178 g/mol. The van der Waals surface area contributed by atoms with Crippen molar-refractivity contribution in [1.82, 2.24) is 0 Å². The molecule has 2 saturated carbocycles. The summed E-state index contributed by atoms with van der Waals surface area (Å²) in [4.78, 5) is 0. The number of hydrogen-bond donors (Lipinski definition) is 0. The fourth-order valence-corrected chi connectivity index (χ4v) is 3.58. The van der Waals surface area contributed by atoms with Gasteiger partial charge < -0.3 is 4.74 Å². The SMILES string of the molecule is C=C1C[C@H]2C[C@H]3C[C@@H]1CC[C@@]3(C)O2. The van der Waals surface area contributed by atoms with Gasteiger partial charge in [0, 0.05) is 0 Å². The van der Waals surface area contributed by atoms with Gasteiger partial charge in [0.1, 0.15) is 0 Å². The molecule has 0 spiro atoms. The molecule has 72 valence electrons. The predicted octanol–water partition coefficient (Wildman–Crippen LogP) is 2.91. The van der Waals surface area contributed by atoms with Crippen LogP contribution in [0.15, 0.2) is 12.2 Å². The van der Waals surface area contributed by atoms with Crippen LogP contribution in [0, 0.1) is 11.8 Å². The summed E-state index contributed by atoms with van der Waals surface area (Å²) in [6, 6.07) is 0. The van der Waals surface area contributed by atoms with Gasteiger partial charge in [-0.3, -0.25) is 0 Å². The minimum Gasteiger partial charge on any atom is -0.371 e. The first-order valence-corrected chi connectivity index (χ1v) is 5.53. The van der Waals surface area contributed by atoms with Gasteiger partial charge in [-0.25, -0.2) is 0 Å². The highest BCUT2D eigenvalue weighted by Crippen LogP contribution is 2.53. The molecule has 0 N–H and O–H groups in total. The van der Waals surface area contributed by atoms with Crippen LogP contribution in [0.5, 0.6) is 0 Å². The van der Waals surface area contributed by atoms with Gasteiger partial charge in [-0.2, -0.15) is 0 Å². The summed E-state index contributed by atoms with van der Waals surface area (Å²) < 4.78 is 6.15. The lowest BCUT2D eigenvalue weighted by Crippen LogP contribution is -2.39. The summed E-state index contributed by atoms with van der Waals surface area (Å²) in [5.41, 5.74) is 1.70. The van der Waals surface area contributed by atoms with Crippen LogP contribution in [0.2, 0.25) is 0 Å². The standard InChI is InChI=1S/C12H18O/c1-8-5-11-7-10-6-9(8)3-4-12(10,2)13-11/h9-11H,1,3-7H2,2H3/t9-,10+,11-,12+/m0/s1. The molecular weight excluding hydrogens is 160 g/mol. The Hall–Kier alpha value is -0.300. The van der Waals surface area contributed by atoms with Crippen LogP contribution in [-0.2, 0) is 4.74 Å². The van der Waals surface area contributed by atoms with Gasteiger partial charge in [-0.15, -0.1) is 0 Å². The second kappa shape index (κ2) is 2.38. The van der Waals surface area contributed by atoms with Crippen molar-refractivity contribution in [2.24, 2.45) is 11.8 Å². The van der Waals surface area contributed by atoms with E-state index in [4.69, 9.17) is 4.74 Å². The molecule has 13 heavy (non-hydrogen) atoms. The van der Waals surface area contributed by atoms with E-state index >= 15 is 0 Å². The van der Waals surface area contributed by atoms with Gasteiger partial charge in [-0.1, -0.05) is 12.2 Å². The van der Waals surface area contributed by atoms with Crippen LogP contribution in [0.1, 0.15) is 39.0 Å². The molecule has 0 unspecified atom stereocenters. The van der Waals surface area contributed by atoms with E-state index in [1.54, 1.807) is 0 Å². The molecule has 0 aromatic heterocycles. The van der Waals surface area contributed by atoms with E-state index in [0.717, 1.165) is 18.3 Å². The second-order valence-electron chi connectivity index (χ2n) is 5.32. The molecule has 1 heterocycles. The Balaban J connectivity index is 1.98. The van der Waals surface area contributed by atoms with Gasteiger partial charge in [0.2, 0.25) is 0 Å². The molecular formula is C12H18O. The summed E-state index contributed by atoms with van der Waals surface area (Å²) in [5.74, 6) is 1.66. The Morgan fingerprint density at radius 2 is 2.31 bits per heavy atom. The summed E-state index contributed by atoms with van der Waals surface area (Å²) in [6.07, 6.45) is 6.87. The maximum Gasteiger partial charge on any atom is 0.0687 e. The van der Waals surface area contributed by atoms with Crippen molar-refractivity contribution in [2.75, 3.05) is 0 Å². The first kappa shape index (κ1) is 8.05. The van der Waals surface area contributed by atoms with Crippen molar-refractivity contribution < 1.29 is 4.74 Å². The van der Waals surface area contributed by atoms with Crippen LogP contribution in [-0.4, -0.2) is 11.7 Å². The summed E-state index contributed by atoms with van der Waals surface area (Å²) in [5, 5.41) is 0. The summed E-state index contributed by atoms with van der Waals surface area (Å²) in [7, 11) is 0. The van der Waals surface area contributed by atoms with Crippen LogP contribution >= 0.6 is 0 Å². The molecule has 1 aliphatic heterocycles. The predicted molar refractivity (Wildman–Crippen MR) is 52.5 cm³/mol. The summed E-state index contributed by atoms with van der Waals surface area (Å²) >= 11 is 0. The Morgan fingerprint density at radius 1 is 1.46 bits per heavy atom. The molecule has 1 saturated heterocycles. The van der Waals surface area contributed by atoms with Crippen LogP contribution in [0.4, 0.5) is 0 Å². The molecule has 0 amide bonds. The van der Waals surface area contributed by atoms with E-state index in [1.165, 1.54) is 31.3 Å². The van der Waals surface area contributed by atoms with Crippen LogP contribution < -0.4 is 0 Å². The maximum atomic E-state index is 6.15. The Kier molecular flexibility index (Phi) is 1.48. The van der Waals surface area contributed by atoms with Crippen LogP contribution in [0.25, 0.3) is 0 Å². The minimum absolute atomic E-state index is 0.238. The largest absolute Gasteiger partial charge is 0.371 e. The Labute approximate surface area is 80.2 Å².